The molecule has 22 heavy (non-hydrogen) atoms. The van der Waals surface area contributed by atoms with Gasteiger partial charge in [0.2, 0.25) is 0 Å². The smallest absolute Gasteiger partial charge is 0.342 e. The lowest BCUT2D eigenvalue weighted by Crippen LogP contribution is -2.46. The second-order valence-corrected chi connectivity index (χ2v) is 6.17. The van der Waals surface area contributed by atoms with Crippen LogP contribution in [0.1, 0.15) is 71.1 Å². The molecule has 0 spiro atoms. The van der Waals surface area contributed by atoms with Crippen LogP contribution in [0, 0.1) is 5.92 Å². The first-order chi connectivity index (χ1) is 10.4. The highest BCUT2D eigenvalue weighted by Crippen LogP contribution is 2.28. The molecule has 0 aromatic rings. The maximum atomic E-state index is 12.5. The van der Waals surface area contributed by atoms with Crippen LogP contribution in [0.3, 0.4) is 0 Å². The largest absolute Gasteiger partial charge is 0.471 e. The van der Waals surface area contributed by atoms with Crippen LogP contribution < -0.4 is 5.32 Å². The van der Waals surface area contributed by atoms with Crippen molar-refractivity contribution in [2.24, 2.45) is 5.92 Å². The van der Waals surface area contributed by atoms with Gasteiger partial charge in [0.1, 0.15) is 0 Å². The van der Waals surface area contributed by atoms with Crippen LogP contribution in [0.15, 0.2) is 12.2 Å². The number of unbranched alkanes of at least 4 members (excludes halogenated alkanes) is 4. The van der Waals surface area contributed by atoms with Gasteiger partial charge in [0.15, 0.2) is 0 Å². The molecule has 1 rings (SSSR count). The molecule has 5 heteroatoms. The quantitative estimate of drug-likeness (QED) is 0.487. The molecule has 0 aromatic heterocycles. The minimum absolute atomic E-state index is 0.131. The summed E-state index contributed by atoms with van der Waals surface area (Å²) in [6.07, 6.45) is 9.31. The lowest BCUT2D eigenvalue weighted by molar-refractivity contribution is -0.174. The van der Waals surface area contributed by atoms with Crippen molar-refractivity contribution in [1.29, 1.82) is 0 Å². The average Bonchev–Trinajstić information content (AvgIpc) is 2.49. The zero-order valence-corrected chi connectivity index (χ0v) is 13.4. The zero-order valence-electron chi connectivity index (χ0n) is 13.4. The van der Waals surface area contributed by atoms with Gasteiger partial charge in [-0.2, -0.15) is 13.2 Å². The standard InChI is InChI=1S/C17H28F3NO/c1-2-3-4-5-6-10-13-15(14-11-8-7-9-12-14)21-16(22)17(18,19)20/h10,13-15H,2-9,11-12H2,1H3,(H,21,22)/b13-10+/t15-/m1/s1. The molecule has 1 aliphatic carbocycles. The predicted molar refractivity (Wildman–Crippen MR) is 82.5 cm³/mol. The number of hydrogen-bond acceptors (Lipinski definition) is 1. The fraction of sp³-hybridized carbons (Fsp3) is 0.824. The Balaban J connectivity index is 2.53. The number of halogens is 3. The van der Waals surface area contributed by atoms with Crippen LogP contribution in [0.2, 0.25) is 0 Å². The lowest BCUT2D eigenvalue weighted by atomic mass is 9.83. The molecule has 1 aliphatic rings. The van der Waals surface area contributed by atoms with E-state index in [0.29, 0.717) is 0 Å². The molecule has 1 atom stereocenters. The van der Waals surface area contributed by atoms with Crippen LogP contribution in [0.5, 0.6) is 0 Å². The van der Waals surface area contributed by atoms with E-state index in [-0.39, 0.29) is 5.92 Å². The molecule has 0 radical (unpaired) electrons. The van der Waals surface area contributed by atoms with Gasteiger partial charge in [-0.3, -0.25) is 4.79 Å². The van der Waals surface area contributed by atoms with E-state index in [2.05, 4.69) is 12.2 Å². The van der Waals surface area contributed by atoms with E-state index < -0.39 is 18.1 Å². The summed E-state index contributed by atoms with van der Waals surface area (Å²) < 4.78 is 37.4. The number of amides is 1. The zero-order chi connectivity index (χ0) is 16.4. The van der Waals surface area contributed by atoms with Crippen molar-refractivity contribution in [2.45, 2.75) is 83.4 Å². The Morgan fingerprint density at radius 1 is 1.18 bits per heavy atom. The average molecular weight is 319 g/mol. The Morgan fingerprint density at radius 3 is 2.45 bits per heavy atom. The van der Waals surface area contributed by atoms with E-state index in [0.717, 1.165) is 57.8 Å². The monoisotopic (exact) mass is 319 g/mol. The summed E-state index contributed by atoms with van der Waals surface area (Å²) in [5.41, 5.74) is 0. The highest BCUT2D eigenvalue weighted by atomic mass is 19.4. The van der Waals surface area contributed by atoms with Crippen molar-refractivity contribution < 1.29 is 18.0 Å². The van der Waals surface area contributed by atoms with E-state index in [1.165, 1.54) is 6.42 Å². The SMILES string of the molecule is CCCCCC/C=C/[C@@H](NC(=O)C(F)(F)F)C1CCCCC1. The van der Waals surface area contributed by atoms with E-state index in [1.54, 1.807) is 6.08 Å². The summed E-state index contributed by atoms with van der Waals surface area (Å²) in [5.74, 6) is -1.69. The van der Waals surface area contributed by atoms with Crippen molar-refractivity contribution in [1.82, 2.24) is 5.32 Å². The lowest BCUT2D eigenvalue weighted by Gasteiger charge is -2.29. The number of allylic oxidation sites excluding steroid dienone is 1. The van der Waals surface area contributed by atoms with E-state index in [1.807, 2.05) is 6.08 Å². The predicted octanol–water partition coefficient (Wildman–Crippen LogP) is 5.14. The van der Waals surface area contributed by atoms with Crippen LogP contribution >= 0.6 is 0 Å². The third-order valence-electron chi connectivity index (χ3n) is 4.28. The van der Waals surface area contributed by atoms with Crippen LogP contribution in [0.25, 0.3) is 0 Å². The van der Waals surface area contributed by atoms with Gasteiger partial charge in [-0.25, -0.2) is 0 Å². The number of carbonyl (C=O) groups is 1. The molecular weight excluding hydrogens is 291 g/mol. The molecule has 0 saturated heterocycles. The molecular formula is C17H28F3NO. The summed E-state index contributed by atoms with van der Waals surface area (Å²) in [5, 5.41) is 2.18. The van der Waals surface area contributed by atoms with Crippen molar-refractivity contribution in [3.05, 3.63) is 12.2 Å². The van der Waals surface area contributed by atoms with Gasteiger partial charge in [0, 0.05) is 0 Å². The molecule has 1 fully saturated rings. The highest BCUT2D eigenvalue weighted by Gasteiger charge is 2.40. The Morgan fingerprint density at radius 2 is 1.86 bits per heavy atom. The molecule has 2 nitrogen and oxygen atoms in total. The van der Waals surface area contributed by atoms with Gasteiger partial charge in [0.05, 0.1) is 6.04 Å². The summed E-state index contributed by atoms with van der Waals surface area (Å²) in [6, 6.07) is -0.486. The molecule has 0 unspecified atom stereocenters. The van der Waals surface area contributed by atoms with E-state index >= 15 is 0 Å². The summed E-state index contributed by atoms with van der Waals surface area (Å²) in [4.78, 5) is 11.2. The fourth-order valence-electron chi connectivity index (χ4n) is 2.98. The van der Waals surface area contributed by atoms with Crippen molar-refractivity contribution in [3.63, 3.8) is 0 Å². The summed E-state index contributed by atoms with van der Waals surface area (Å²) in [6.45, 7) is 2.14. The second kappa shape index (κ2) is 9.90. The first-order valence-corrected chi connectivity index (χ1v) is 8.49. The van der Waals surface area contributed by atoms with Crippen molar-refractivity contribution in [3.8, 4) is 0 Å². The topological polar surface area (TPSA) is 29.1 Å². The number of carbonyl (C=O) groups excluding carboxylic acids is 1. The van der Waals surface area contributed by atoms with E-state index in [9.17, 15) is 18.0 Å². The van der Waals surface area contributed by atoms with Crippen LogP contribution in [-0.2, 0) is 4.79 Å². The van der Waals surface area contributed by atoms with Gasteiger partial charge < -0.3 is 5.32 Å². The number of rotatable bonds is 8. The minimum Gasteiger partial charge on any atom is -0.342 e. The molecule has 1 N–H and O–H groups in total. The molecule has 1 amide bonds. The van der Waals surface area contributed by atoms with Crippen molar-refractivity contribution >= 4 is 5.91 Å². The van der Waals surface area contributed by atoms with Gasteiger partial charge in [-0.05, 0) is 31.6 Å². The van der Waals surface area contributed by atoms with Crippen molar-refractivity contribution in [2.75, 3.05) is 0 Å². The maximum Gasteiger partial charge on any atom is 0.471 e. The molecule has 0 aliphatic heterocycles. The fourth-order valence-corrected chi connectivity index (χ4v) is 2.98. The number of nitrogens with one attached hydrogen (secondary N) is 1. The highest BCUT2D eigenvalue weighted by molar-refractivity contribution is 5.82. The Bertz CT molecular complexity index is 346. The first kappa shape index (κ1) is 19.0. The van der Waals surface area contributed by atoms with Crippen LogP contribution in [0.4, 0.5) is 13.2 Å². The van der Waals surface area contributed by atoms with Crippen LogP contribution in [-0.4, -0.2) is 18.1 Å². The number of alkyl halides is 3. The molecule has 1 saturated carbocycles. The van der Waals surface area contributed by atoms with Gasteiger partial charge >= 0.3 is 12.1 Å². The Hall–Kier alpha value is -1.00. The van der Waals surface area contributed by atoms with Gasteiger partial charge in [-0.15, -0.1) is 0 Å². The normalized spacial score (nSPS) is 18.5. The van der Waals surface area contributed by atoms with E-state index in [4.69, 9.17) is 0 Å². The third kappa shape index (κ3) is 7.32. The molecule has 0 bridgehead atoms. The van der Waals surface area contributed by atoms with Gasteiger partial charge in [-0.1, -0.05) is 57.6 Å². The molecule has 128 valence electrons. The first-order valence-electron chi connectivity index (χ1n) is 8.49. The Kier molecular flexibility index (Phi) is 8.57. The minimum atomic E-state index is -4.80. The number of hydrogen-bond donors (Lipinski definition) is 1. The third-order valence-corrected chi connectivity index (χ3v) is 4.28. The Labute approximate surface area is 131 Å². The second-order valence-electron chi connectivity index (χ2n) is 6.17. The maximum absolute atomic E-state index is 12.5. The summed E-state index contributed by atoms with van der Waals surface area (Å²) >= 11 is 0. The van der Waals surface area contributed by atoms with Gasteiger partial charge in [0.25, 0.3) is 0 Å². The molecule has 0 heterocycles. The summed E-state index contributed by atoms with van der Waals surface area (Å²) in [7, 11) is 0. The molecule has 0 aromatic carbocycles.